The van der Waals surface area contributed by atoms with Gasteiger partial charge in [-0.05, 0) is 30.7 Å². The van der Waals surface area contributed by atoms with Crippen LogP contribution in [0.5, 0.6) is 5.75 Å². The zero-order chi connectivity index (χ0) is 12.7. The molecule has 0 unspecified atom stereocenters. The van der Waals surface area contributed by atoms with E-state index >= 15 is 0 Å². The summed E-state index contributed by atoms with van der Waals surface area (Å²) in [6.45, 7) is -0.817. The molecule has 0 heterocycles. The highest BCUT2D eigenvalue weighted by Gasteiger charge is 2.02. The fraction of sp³-hybridized carbons (Fsp3) is 0.250. The number of rotatable bonds is 5. The fourth-order valence-electron chi connectivity index (χ4n) is 1.12. The number of carbonyl (C=O) groups is 1. The third-order valence-corrected chi connectivity index (χ3v) is 1.80. The first-order valence-corrected chi connectivity index (χ1v) is 5.01. The van der Waals surface area contributed by atoms with Crippen LogP contribution in [0.25, 0.3) is 6.08 Å². The Morgan fingerprint density at radius 2 is 2.00 bits per heavy atom. The first-order chi connectivity index (χ1) is 8.11. The van der Waals surface area contributed by atoms with Crippen LogP contribution in [-0.4, -0.2) is 19.2 Å². The molecule has 0 aliphatic rings. The minimum absolute atomic E-state index is 0.0771. The Bertz CT molecular complexity index is 385. The van der Waals surface area contributed by atoms with Crippen molar-refractivity contribution in [2.24, 2.45) is 0 Å². The molecule has 0 saturated carbocycles. The molecule has 0 amide bonds. The lowest BCUT2D eigenvalue weighted by molar-refractivity contribution is -0.137. The first kappa shape index (κ1) is 13.2. The van der Waals surface area contributed by atoms with E-state index in [1.165, 1.54) is 24.3 Å². The average molecular weight is 242 g/mol. The van der Waals surface area contributed by atoms with Crippen LogP contribution in [0.4, 0.5) is 8.78 Å². The fourth-order valence-corrected chi connectivity index (χ4v) is 1.12. The maximum absolute atomic E-state index is 11.9. The Morgan fingerprint density at radius 3 is 2.53 bits per heavy atom. The van der Waals surface area contributed by atoms with Crippen LogP contribution in [-0.2, 0) is 9.53 Å². The molecule has 0 saturated heterocycles. The van der Waals surface area contributed by atoms with E-state index in [1.54, 1.807) is 19.1 Å². The van der Waals surface area contributed by atoms with Gasteiger partial charge in [0.05, 0.1) is 6.61 Å². The van der Waals surface area contributed by atoms with Crippen LogP contribution in [0, 0.1) is 0 Å². The van der Waals surface area contributed by atoms with Gasteiger partial charge in [0, 0.05) is 6.08 Å². The van der Waals surface area contributed by atoms with Crippen LogP contribution < -0.4 is 4.74 Å². The molecular weight excluding hydrogens is 230 g/mol. The van der Waals surface area contributed by atoms with Crippen LogP contribution >= 0.6 is 0 Å². The van der Waals surface area contributed by atoms with E-state index in [0.29, 0.717) is 12.2 Å². The Hall–Kier alpha value is -1.91. The van der Waals surface area contributed by atoms with Crippen molar-refractivity contribution in [3.8, 4) is 5.75 Å². The summed E-state index contributed by atoms with van der Waals surface area (Å²) >= 11 is 0. The van der Waals surface area contributed by atoms with E-state index in [2.05, 4.69) is 4.74 Å². The topological polar surface area (TPSA) is 35.5 Å². The van der Waals surface area contributed by atoms with Gasteiger partial charge in [-0.1, -0.05) is 12.1 Å². The van der Waals surface area contributed by atoms with Crippen molar-refractivity contribution < 1.29 is 23.0 Å². The van der Waals surface area contributed by atoms with Gasteiger partial charge in [0.2, 0.25) is 0 Å². The Kier molecular flexibility index (Phi) is 5.13. The summed E-state index contributed by atoms with van der Waals surface area (Å²) < 4.78 is 32.6. The summed E-state index contributed by atoms with van der Waals surface area (Å²) in [6, 6.07) is 5.93. The van der Waals surface area contributed by atoms with Gasteiger partial charge in [0.25, 0.3) is 0 Å². The second-order valence-electron chi connectivity index (χ2n) is 3.03. The lowest BCUT2D eigenvalue weighted by atomic mass is 10.2. The van der Waals surface area contributed by atoms with E-state index in [9.17, 15) is 13.6 Å². The number of esters is 1. The van der Waals surface area contributed by atoms with Crippen molar-refractivity contribution in [1.82, 2.24) is 0 Å². The molecule has 0 spiro atoms. The predicted octanol–water partition coefficient (Wildman–Crippen LogP) is 2.86. The van der Waals surface area contributed by atoms with Crippen molar-refractivity contribution in [2.45, 2.75) is 13.5 Å². The van der Waals surface area contributed by atoms with E-state index in [4.69, 9.17) is 4.74 Å². The number of hydrogen-bond acceptors (Lipinski definition) is 3. The summed E-state index contributed by atoms with van der Waals surface area (Å²) in [4.78, 5) is 11.0. The highest BCUT2D eigenvalue weighted by atomic mass is 19.3. The molecule has 0 bridgehead atoms. The highest BCUT2D eigenvalue weighted by Crippen LogP contribution is 2.15. The average Bonchev–Trinajstić information content (AvgIpc) is 2.28. The predicted molar refractivity (Wildman–Crippen MR) is 58.7 cm³/mol. The second-order valence-corrected chi connectivity index (χ2v) is 3.03. The van der Waals surface area contributed by atoms with Crippen molar-refractivity contribution >= 4 is 12.0 Å². The van der Waals surface area contributed by atoms with Gasteiger partial charge < -0.3 is 9.47 Å². The van der Waals surface area contributed by atoms with Crippen LogP contribution in [0.3, 0.4) is 0 Å². The van der Waals surface area contributed by atoms with E-state index in [-0.39, 0.29) is 5.75 Å². The van der Waals surface area contributed by atoms with E-state index < -0.39 is 12.6 Å². The van der Waals surface area contributed by atoms with Crippen molar-refractivity contribution in [3.63, 3.8) is 0 Å². The maximum atomic E-state index is 11.9. The number of ether oxygens (including phenoxy) is 2. The zero-order valence-corrected chi connectivity index (χ0v) is 9.23. The summed E-state index contributed by atoms with van der Waals surface area (Å²) in [5.41, 5.74) is 0.694. The van der Waals surface area contributed by atoms with Gasteiger partial charge in [-0.2, -0.15) is 8.78 Å². The van der Waals surface area contributed by atoms with Gasteiger partial charge in [-0.15, -0.1) is 0 Å². The van der Waals surface area contributed by atoms with Crippen molar-refractivity contribution in [1.29, 1.82) is 0 Å². The van der Waals surface area contributed by atoms with Crippen LogP contribution in [0.15, 0.2) is 30.3 Å². The maximum Gasteiger partial charge on any atom is 0.387 e. The minimum Gasteiger partial charge on any atom is -0.463 e. The highest BCUT2D eigenvalue weighted by molar-refractivity contribution is 5.87. The lowest BCUT2D eigenvalue weighted by Gasteiger charge is -2.03. The summed E-state index contributed by atoms with van der Waals surface area (Å²) in [7, 11) is 0. The Morgan fingerprint density at radius 1 is 1.35 bits per heavy atom. The Balaban J connectivity index is 2.59. The Labute approximate surface area is 97.7 Å². The first-order valence-electron chi connectivity index (χ1n) is 5.01. The standard InChI is InChI=1S/C12H12F2O3/c1-2-16-11(15)8-5-9-3-6-10(7-4-9)17-12(13)14/h3-8,12H,2H2,1H3. The third-order valence-electron chi connectivity index (χ3n) is 1.80. The molecule has 0 N–H and O–H groups in total. The molecular formula is C12H12F2O3. The van der Waals surface area contributed by atoms with E-state index in [0.717, 1.165) is 0 Å². The molecule has 0 fully saturated rings. The number of benzene rings is 1. The normalized spacial score (nSPS) is 10.8. The SMILES string of the molecule is CCOC(=O)C=Cc1ccc(OC(F)F)cc1. The van der Waals surface area contributed by atoms with Gasteiger partial charge in [-0.25, -0.2) is 4.79 Å². The molecule has 1 aromatic rings. The summed E-state index contributed by atoms with van der Waals surface area (Å²) in [6.07, 6.45) is 2.80. The van der Waals surface area contributed by atoms with Crippen LogP contribution in [0.1, 0.15) is 12.5 Å². The largest absolute Gasteiger partial charge is 0.463 e. The lowest BCUT2D eigenvalue weighted by Crippen LogP contribution is -2.01. The van der Waals surface area contributed by atoms with Gasteiger partial charge >= 0.3 is 12.6 Å². The van der Waals surface area contributed by atoms with Gasteiger partial charge in [0.15, 0.2) is 0 Å². The van der Waals surface area contributed by atoms with Gasteiger partial charge in [-0.3, -0.25) is 0 Å². The third kappa shape index (κ3) is 5.10. The molecule has 1 rings (SSSR count). The number of carbonyl (C=O) groups excluding carboxylic acids is 1. The molecule has 0 aromatic heterocycles. The number of halogens is 2. The molecule has 92 valence electrons. The summed E-state index contributed by atoms with van der Waals surface area (Å²) in [5.74, 6) is -0.367. The molecule has 0 aliphatic carbocycles. The monoisotopic (exact) mass is 242 g/mol. The molecule has 0 aliphatic heterocycles. The molecule has 17 heavy (non-hydrogen) atoms. The molecule has 5 heteroatoms. The smallest absolute Gasteiger partial charge is 0.387 e. The molecule has 0 radical (unpaired) electrons. The quantitative estimate of drug-likeness (QED) is 0.588. The second kappa shape index (κ2) is 6.62. The molecule has 0 atom stereocenters. The van der Waals surface area contributed by atoms with Crippen molar-refractivity contribution in [2.75, 3.05) is 6.61 Å². The summed E-state index contributed by atoms with van der Waals surface area (Å²) in [5, 5.41) is 0. The van der Waals surface area contributed by atoms with E-state index in [1.807, 2.05) is 0 Å². The minimum atomic E-state index is -2.84. The number of alkyl halides is 2. The van der Waals surface area contributed by atoms with Gasteiger partial charge in [0.1, 0.15) is 5.75 Å². The number of hydrogen-bond donors (Lipinski definition) is 0. The molecule has 1 aromatic carbocycles. The zero-order valence-electron chi connectivity index (χ0n) is 9.23. The van der Waals surface area contributed by atoms with Crippen LogP contribution in [0.2, 0.25) is 0 Å². The van der Waals surface area contributed by atoms with Crippen molar-refractivity contribution in [3.05, 3.63) is 35.9 Å². The molecule has 3 nitrogen and oxygen atoms in total.